The van der Waals surface area contributed by atoms with Gasteiger partial charge in [0.2, 0.25) is 11.8 Å². The zero-order chi connectivity index (χ0) is 29.1. The van der Waals surface area contributed by atoms with Crippen molar-refractivity contribution in [1.82, 2.24) is 24.8 Å². The Morgan fingerprint density at radius 3 is 2.64 bits per heavy atom. The second-order valence-electron chi connectivity index (χ2n) is 10.2. The highest BCUT2D eigenvalue weighted by atomic mass is 19.1. The van der Waals surface area contributed by atoms with Gasteiger partial charge in [-0.05, 0) is 61.7 Å². The van der Waals surface area contributed by atoms with Gasteiger partial charge in [-0.2, -0.15) is 0 Å². The molecule has 12 heteroatoms. The average molecular weight is 573 g/mol. The number of pyridine rings is 2. The van der Waals surface area contributed by atoms with Crippen LogP contribution in [0.3, 0.4) is 0 Å². The van der Waals surface area contributed by atoms with Crippen LogP contribution in [0, 0.1) is 11.7 Å². The predicted octanol–water partition coefficient (Wildman–Crippen LogP) is 3.89. The molecule has 0 radical (unpaired) electrons. The van der Waals surface area contributed by atoms with Crippen LogP contribution in [0.15, 0.2) is 55.0 Å². The summed E-state index contributed by atoms with van der Waals surface area (Å²) in [7, 11) is 1.40. The van der Waals surface area contributed by atoms with Crippen molar-refractivity contribution in [1.29, 1.82) is 0 Å². The number of carbonyl (C=O) groups is 2. The fraction of sp³-hybridized carbons (Fsp3) is 0.333. The third-order valence-electron chi connectivity index (χ3n) is 7.48. The van der Waals surface area contributed by atoms with Crippen LogP contribution in [0.4, 0.5) is 10.2 Å². The second kappa shape index (κ2) is 12.0. The van der Waals surface area contributed by atoms with Gasteiger partial charge in [-0.15, -0.1) is 0 Å². The summed E-state index contributed by atoms with van der Waals surface area (Å²) in [6.07, 6.45) is 5.35. The molecular weight excluding hydrogens is 543 g/mol. The van der Waals surface area contributed by atoms with Crippen LogP contribution in [-0.2, 0) is 9.53 Å². The smallest absolute Gasteiger partial charge is 0.349 e. The van der Waals surface area contributed by atoms with E-state index in [1.54, 1.807) is 18.3 Å². The van der Waals surface area contributed by atoms with Gasteiger partial charge >= 0.3 is 5.97 Å². The maximum absolute atomic E-state index is 13.3. The number of nitrogens with zero attached hydrogens (tertiary/aromatic N) is 5. The van der Waals surface area contributed by atoms with Gasteiger partial charge in [0.1, 0.15) is 29.0 Å². The molecule has 1 amide bonds. The van der Waals surface area contributed by atoms with Gasteiger partial charge in [-0.3, -0.25) is 4.79 Å². The first-order valence-electron chi connectivity index (χ1n) is 13.8. The van der Waals surface area contributed by atoms with Crippen molar-refractivity contribution < 1.29 is 28.2 Å². The average Bonchev–Trinajstić information content (AvgIpc) is 3.50. The van der Waals surface area contributed by atoms with Crippen molar-refractivity contribution in [3.8, 4) is 22.9 Å². The quantitative estimate of drug-likeness (QED) is 0.257. The van der Waals surface area contributed by atoms with E-state index in [0.29, 0.717) is 54.4 Å². The lowest BCUT2D eigenvalue weighted by molar-refractivity contribution is -0.137. The number of ether oxygens (including phenoxy) is 3. The number of carbonyl (C=O) groups excluding carboxylic acids is 2. The van der Waals surface area contributed by atoms with Crippen LogP contribution < -0.4 is 14.8 Å². The Morgan fingerprint density at radius 1 is 1.05 bits per heavy atom. The van der Waals surface area contributed by atoms with Crippen LogP contribution in [0.2, 0.25) is 0 Å². The molecule has 0 aliphatic carbocycles. The summed E-state index contributed by atoms with van der Waals surface area (Å²) >= 11 is 0. The van der Waals surface area contributed by atoms with Gasteiger partial charge in [0.05, 0.1) is 18.3 Å². The minimum absolute atomic E-state index is 0.0211. The largest absolute Gasteiger partial charge is 0.480 e. The van der Waals surface area contributed by atoms with Crippen molar-refractivity contribution in [3.05, 3.63) is 66.4 Å². The first-order chi connectivity index (χ1) is 20.5. The zero-order valence-corrected chi connectivity index (χ0v) is 23.0. The van der Waals surface area contributed by atoms with Crippen molar-refractivity contribution in [2.45, 2.75) is 25.3 Å². The summed E-state index contributed by atoms with van der Waals surface area (Å²) in [5, 5.41) is 3.46. The normalized spacial score (nSPS) is 17.3. The van der Waals surface area contributed by atoms with Crippen molar-refractivity contribution in [3.63, 3.8) is 0 Å². The SMILES string of the molecule is COc1ncc(-c2ccc3ncnc(N[C@H]4CCN(C(=O)C5CCOCC5)C4)c3n2)cc1C(=O)Oc1ccc(F)cc1. The first-order valence-corrected chi connectivity index (χ1v) is 13.8. The number of benzene rings is 1. The third kappa shape index (κ3) is 5.84. The molecule has 4 aromatic rings. The summed E-state index contributed by atoms with van der Waals surface area (Å²) in [5.41, 5.74) is 2.36. The molecule has 6 rings (SSSR count). The van der Waals surface area contributed by atoms with Crippen LogP contribution >= 0.6 is 0 Å². The van der Waals surface area contributed by atoms with E-state index in [4.69, 9.17) is 19.2 Å². The molecule has 0 unspecified atom stereocenters. The Labute approximate surface area is 241 Å². The van der Waals surface area contributed by atoms with E-state index < -0.39 is 11.8 Å². The van der Waals surface area contributed by atoms with E-state index in [-0.39, 0.29) is 35.1 Å². The van der Waals surface area contributed by atoms with E-state index in [2.05, 4.69) is 20.3 Å². The molecule has 0 saturated carbocycles. The first kappa shape index (κ1) is 27.5. The van der Waals surface area contributed by atoms with Crippen molar-refractivity contribution in [2.75, 3.05) is 38.7 Å². The van der Waals surface area contributed by atoms with Crippen LogP contribution in [0.5, 0.6) is 11.6 Å². The maximum atomic E-state index is 13.3. The molecule has 0 bridgehead atoms. The minimum Gasteiger partial charge on any atom is -0.480 e. The lowest BCUT2D eigenvalue weighted by Gasteiger charge is -2.26. The number of amides is 1. The number of fused-ring (bicyclic) bond motifs is 1. The number of methoxy groups -OCH3 is 1. The molecule has 42 heavy (non-hydrogen) atoms. The van der Waals surface area contributed by atoms with E-state index in [0.717, 1.165) is 19.3 Å². The van der Waals surface area contributed by atoms with E-state index in [9.17, 15) is 14.0 Å². The Balaban J connectivity index is 1.22. The summed E-state index contributed by atoms with van der Waals surface area (Å²) < 4.78 is 29.4. The molecule has 3 aromatic heterocycles. The van der Waals surface area contributed by atoms with E-state index in [1.807, 2.05) is 11.0 Å². The standard InChI is InChI=1S/C30H29FN6O5/c1-40-28-23(30(39)42-22-4-2-20(31)3-5-22)14-19(15-32-28)24-6-7-25-26(36-24)27(34-17-33-25)35-21-8-11-37(16-21)29(38)18-9-12-41-13-10-18/h2-7,14-15,17-18,21H,8-13,16H2,1H3,(H,33,34,35)/t21-/m0/s1. The molecule has 2 fully saturated rings. The Bertz CT molecular complexity index is 1610. The number of nitrogens with one attached hydrogen (secondary N) is 1. The minimum atomic E-state index is -0.708. The topological polar surface area (TPSA) is 129 Å². The Kier molecular flexibility index (Phi) is 7.87. The van der Waals surface area contributed by atoms with Crippen LogP contribution in [-0.4, -0.2) is 76.2 Å². The lowest BCUT2D eigenvalue weighted by Crippen LogP contribution is -2.38. The number of esters is 1. The summed E-state index contributed by atoms with van der Waals surface area (Å²) in [5.74, 6) is -0.104. The van der Waals surface area contributed by atoms with Gasteiger partial charge in [0, 0.05) is 50.0 Å². The summed E-state index contributed by atoms with van der Waals surface area (Å²) in [6, 6.07) is 10.3. The number of aromatic nitrogens is 4. The monoisotopic (exact) mass is 572 g/mol. The molecule has 2 aliphatic heterocycles. The Hall–Kier alpha value is -4.71. The van der Waals surface area contributed by atoms with Crippen molar-refractivity contribution in [2.24, 2.45) is 5.92 Å². The van der Waals surface area contributed by atoms with Crippen LogP contribution in [0.1, 0.15) is 29.6 Å². The molecule has 1 N–H and O–H groups in total. The molecule has 216 valence electrons. The zero-order valence-electron chi connectivity index (χ0n) is 23.0. The van der Waals surface area contributed by atoms with Gasteiger partial charge < -0.3 is 24.4 Å². The Morgan fingerprint density at radius 2 is 1.86 bits per heavy atom. The van der Waals surface area contributed by atoms with Gasteiger partial charge in [-0.25, -0.2) is 29.1 Å². The fourth-order valence-electron chi connectivity index (χ4n) is 5.25. The van der Waals surface area contributed by atoms with Gasteiger partial charge in [0.25, 0.3) is 0 Å². The number of halogens is 1. The highest BCUT2D eigenvalue weighted by Gasteiger charge is 2.32. The van der Waals surface area contributed by atoms with Gasteiger partial charge in [0.15, 0.2) is 5.82 Å². The lowest BCUT2D eigenvalue weighted by atomic mass is 9.99. The maximum Gasteiger partial charge on any atom is 0.349 e. The number of hydrogen-bond acceptors (Lipinski definition) is 10. The summed E-state index contributed by atoms with van der Waals surface area (Å²) in [6.45, 7) is 2.54. The highest BCUT2D eigenvalue weighted by molar-refractivity contribution is 5.95. The molecule has 2 saturated heterocycles. The molecule has 2 aliphatic rings. The van der Waals surface area contributed by atoms with E-state index in [1.165, 1.54) is 37.7 Å². The number of hydrogen-bond donors (Lipinski definition) is 1. The highest BCUT2D eigenvalue weighted by Crippen LogP contribution is 2.29. The molecule has 5 heterocycles. The van der Waals surface area contributed by atoms with Gasteiger partial charge in [-0.1, -0.05) is 0 Å². The molecule has 1 aromatic carbocycles. The molecular formula is C30H29FN6O5. The number of likely N-dealkylation sites (tertiary alicyclic amines) is 1. The van der Waals surface area contributed by atoms with Crippen LogP contribution in [0.25, 0.3) is 22.3 Å². The predicted molar refractivity (Wildman–Crippen MR) is 151 cm³/mol. The fourth-order valence-corrected chi connectivity index (χ4v) is 5.25. The number of rotatable bonds is 7. The second-order valence-corrected chi connectivity index (χ2v) is 10.2. The van der Waals surface area contributed by atoms with E-state index >= 15 is 0 Å². The van der Waals surface area contributed by atoms with Crippen molar-refractivity contribution >= 4 is 28.7 Å². The molecule has 1 atom stereocenters. The molecule has 0 spiro atoms. The summed E-state index contributed by atoms with van der Waals surface area (Å²) in [4.78, 5) is 45.8. The third-order valence-corrected chi connectivity index (χ3v) is 7.48. The number of anilines is 1. The molecule has 11 nitrogen and oxygen atoms in total.